The first-order valence-corrected chi connectivity index (χ1v) is 9.21. The summed E-state index contributed by atoms with van der Waals surface area (Å²) in [7, 11) is 1.74. The van der Waals surface area contributed by atoms with E-state index in [-0.39, 0.29) is 29.9 Å². The van der Waals surface area contributed by atoms with Crippen molar-refractivity contribution in [2.24, 2.45) is 10.9 Å². The SMILES string of the molecule is CN=C(NCC1CCN(CC(F)(F)F)C1)N1CCN(c2ncccn2)CC1.I. The van der Waals surface area contributed by atoms with Crippen LogP contribution >= 0.6 is 24.0 Å². The van der Waals surface area contributed by atoms with E-state index in [4.69, 9.17) is 0 Å². The van der Waals surface area contributed by atoms with E-state index >= 15 is 0 Å². The first-order chi connectivity index (χ1) is 12.9. The van der Waals surface area contributed by atoms with E-state index in [0.29, 0.717) is 19.6 Å². The Morgan fingerprint density at radius 3 is 2.46 bits per heavy atom. The molecular weight excluding hydrogens is 486 g/mol. The van der Waals surface area contributed by atoms with Crippen molar-refractivity contribution in [2.45, 2.75) is 12.6 Å². The number of nitrogens with one attached hydrogen (secondary N) is 1. The van der Waals surface area contributed by atoms with Crippen molar-refractivity contribution in [2.75, 3.05) is 64.3 Å². The number of guanidine groups is 1. The molecule has 0 spiro atoms. The van der Waals surface area contributed by atoms with Crippen LogP contribution in [0.15, 0.2) is 23.5 Å². The molecule has 0 aromatic carbocycles. The van der Waals surface area contributed by atoms with Crippen LogP contribution in [0.3, 0.4) is 0 Å². The van der Waals surface area contributed by atoms with Crippen molar-refractivity contribution in [1.82, 2.24) is 25.1 Å². The number of aliphatic imine (C=N–C) groups is 1. The van der Waals surface area contributed by atoms with E-state index in [1.54, 1.807) is 25.5 Å². The molecule has 2 aliphatic heterocycles. The molecule has 158 valence electrons. The minimum absolute atomic E-state index is 0. The zero-order valence-corrected chi connectivity index (χ0v) is 18.2. The first kappa shape index (κ1) is 22.9. The van der Waals surface area contributed by atoms with Crippen LogP contribution in [0.1, 0.15) is 6.42 Å². The van der Waals surface area contributed by atoms with Gasteiger partial charge in [0.05, 0.1) is 6.54 Å². The molecule has 0 saturated carbocycles. The third kappa shape index (κ3) is 6.61. The highest BCUT2D eigenvalue weighted by atomic mass is 127. The van der Waals surface area contributed by atoms with Gasteiger partial charge in [-0.3, -0.25) is 9.89 Å². The number of halogens is 4. The second kappa shape index (κ2) is 10.4. The maximum absolute atomic E-state index is 12.5. The van der Waals surface area contributed by atoms with Gasteiger partial charge in [0.15, 0.2) is 5.96 Å². The summed E-state index contributed by atoms with van der Waals surface area (Å²) in [4.78, 5) is 18.7. The Labute approximate surface area is 180 Å². The van der Waals surface area contributed by atoms with E-state index in [9.17, 15) is 13.2 Å². The molecule has 7 nitrogen and oxygen atoms in total. The minimum atomic E-state index is -4.12. The summed E-state index contributed by atoms with van der Waals surface area (Å²) in [6.45, 7) is 3.99. The van der Waals surface area contributed by atoms with Crippen molar-refractivity contribution in [1.29, 1.82) is 0 Å². The number of nitrogens with zero attached hydrogens (tertiary/aromatic N) is 6. The molecule has 2 aliphatic rings. The number of hydrogen-bond donors (Lipinski definition) is 1. The summed E-state index contributed by atoms with van der Waals surface area (Å²) in [6, 6.07) is 1.80. The molecule has 1 aromatic rings. The molecule has 1 aromatic heterocycles. The number of anilines is 1. The third-order valence-electron chi connectivity index (χ3n) is 4.95. The fourth-order valence-electron chi connectivity index (χ4n) is 3.62. The summed E-state index contributed by atoms with van der Waals surface area (Å²) < 4.78 is 37.5. The maximum atomic E-state index is 12.5. The number of piperazine rings is 1. The quantitative estimate of drug-likeness (QED) is 0.376. The lowest BCUT2D eigenvalue weighted by atomic mass is 10.1. The molecule has 2 fully saturated rings. The molecule has 0 amide bonds. The molecule has 2 saturated heterocycles. The summed E-state index contributed by atoms with van der Waals surface area (Å²) in [6.07, 6.45) is 0.122. The van der Waals surface area contributed by atoms with Gasteiger partial charge in [-0.25, -0.2) is 9.97 Å². The third-order valence-corrected chi connectivity index (χ3v) is 4.95. The predicted molar refractivity (Wildman–Crippen MR) is 113 cm³/mol. The molecule has 3 rings (SSSR count). The predicted octanol–water partition coefficient (Wildman–Crippen LogP) is 1.68. The van der Waals surface area contributed by atoms with Gasteiger partial charge in [-0.05, 0) is 24.9 Å². The number of aromatic nitrogens is 2. The van der Waals surface area contributed by atoms with Crippen LogP contribution in [0.2, 0.25) is 0 Å². The van der Waals surface area contributed by atoms with E-state index in [1.165, 1.54) is 4.90 Å². The maximum Gasteiger partial charge on any atom is 0.401 e. The highest BCUT2D eigenvalue weighted by Gasteiger charge is 2.34. The topological polar surface area (TPSA) is 59.9 Å². The van der Waals surface area contributed by atoms with Gasteiger partial charge >= 0.3 is 6.18 Å². The molecule has 1 atom stereocenters. The summed E-state index contributed by atoms with van der Waals surface area (Å²) in [5.74, 6) is 1.75. The summed E-state index contributed by atoms with van der Waals surface area (Å²) in [5.41, 5.74) is 0. The zero-order valence-electron chi connectivity index (χ0n) is 15.9. The summed E-state index contributed by atoms with van der Waals surface area (Å²) >= 11 is 0. The van der Waals surface area contributed by atoms with E-state index in [0.717, 1.165) is 44.5 Å². The molecule has 0 bridgehead atoms. The summed E-state index contributed by atoms with van der Waals surface area (Å²) in [5, 5.41) is 3.34. The van der Waals surface area contributed by atoms with E-state index < -0.39 is 12.7 Å². The lowest BCUT2D eigenvalue weighted by molar-refractivity contribution is -0.143. The van der Waals surface area contributed by atoms with Crippen LogP contribution < -0.4 is 10.2 Å². The average Bonchev–Trinajstić information content (AvgIpc) is 3.09. The number of rotatable bonds is 4. The lowest BCUT2D eigenvalue weighted by Gasteiger charge is -2.36. The highest BCUT2D eigenvalue weighted by molar-refractivity contribution is 14.0. The van der Waals surface area contributed by atoms with Crippen LogP contribution in [0.25, 0.3) is 0 Å². The van der Waals surface area contributed by atoms with Gasteiger partial charge in [-0.15, -0.1) is 24.0 Å². The molecule has 1 N–H and O–H groups in total. The number of hydrogen-bond acceptors (Lipinski definition) is 5. The van der Waals surface area contributed by atoms with Crippen LogP contribution in [-0.4, -0.2) is 91.3 Å². The van der Waals surface area contributed by atoms with Gasteiger partial charge in [0, 0.05) is 58.7 Å². The molecule has 1 unspecified atom stereocenters. The molecular formula is C17H27F3IN7. The van der Waals surface area contributed by atoms with Crippen molar-refractivity contribution < 1.29 is 13.2 Å². The molecule has 28 heavy (non-hydrogen) atoms. The van der Waals surface area contributed by atoms with Gasteiger partial charge in [-0.2, -0.15) is 13.2 Å². The normalized spacial score (nSPS) is 21.6. The smallest absolute Gasteiger partial charge is 0.356 e. The van der Waals surface area contributed by atoms with Crippen molar-refractivity contribution in [3.05, 3.63) is 18.5 Å². The second-order valence-electron chi connectivity index (χ2n) is 6.96. The van der Waals surface area contributed by atoms with Crippen LogP contribution in [0.5, 0.6) is 0 Å². The van der Waals surface area contributed by atoms with Gasteiger partial charge in [0.1, 0.15) is 0 Å². The Morgan fingerprint density at radius 2 is 1.86 bits per heavy atom. The van der Waals surface area contributed by atoms with Gasteiger partial charge in [0.25, 0.3) is 0 Å². The Balaban J connectivity index is 0.00000280. The van der Waals surface area contributed by atoms with E-state index in [2.05, 4.69) is 30.1 Å². The van der Waals surface area contributed by atoms with Crippen molar-refractivity contribution in [3.8, 4) is 0 Å². The van der Waals surface area contributed by atoms with Crippen molar-refractivity contribution in [3.63, 3.8) is 0 Å². The fourth-order valence-corrected chi connectivity index (χ4v) is 3.62. The Kier molecular flexibility index (Phi) is 8.53. The lowest BCUT2D eigenvalue weighted by Crippen LogP contribution is -2.53. The molecule has 3 heterocycles. The second-order valence-corrected chi connectivity index (χ2v) is 6.96. The van der Waals surface area contributed by atoms with Crippen LogP contribution in [-0.2, 0) is 0 Å². The average molecular weight is 513 g/mol. The number of likely N-dealkylation sites (tertiary alicyclic amines) is 1. The fraction of sp³-hybridized carbons (Fsp3) is 0.706. The number of alkyl halides is 3. The van der Waals surface area contributed by atoms with Crippen molar-refractivity contribution >= 4 is 35.9 Å². The van der Waals surface area contributed by atoms with Crippen LogP contribution in [0, 0.1) is 5.92 Å². The Hall–Kier alpha value is -1.37. The van der Waals surface area contributed by atoms with E-state index in [1.807, 2.05) is 0 Å². The molecule has 0 radical (unpaired) electrons. The van der Waals surface area contributed by atoms with Gasteiger partial charge in [-0.1, -0.05) is 0 Å². The Bertz CT molecular complexity index is 621. The van der Waals surface area contributed by atoms with Gasteiger partial charge in [0.2, 0.25) is 5.95 Å². The zero-order chi connectivity index (χ0) is 19.3. The van der Waals surface area contributed by atoms with Crippen LogP contribution in [0.4, 0.5) is 19.1 Å². The highest BCUT2D eigenvalue weighted by Crippen LogP contribution is 2.22. The monoisotopic (exact) mass is 513 g/mol. The first-order valence-electron chi connectivity index (χ1n) is 9.21. The minimum Gasteiger partial charge on any atom is -0.356 e. The molecule has 0 aliphatic carbocycles. The largest absolute Gasteiger partial charge is 0.401 e. The Morgan fingerprint density at radius 1 is 1.18 bits per heavy atom. The molecule has 11 heteroatoms. The standard InChI is InChI=1S/C17H26F3N7.HI/c1-21-15(24-11-14-3-6-25(12-14)13-17(18,19)20)26-7-9-27(10-8-26)16-22-4-2-5-23-16;/h2,4-5,14H,3,6-13H2,1H3,(H,21,24);1H. The van der Waals surface area contributed by atoms with Gasteiger partial charge < -0.3 is 15.1 Å².